The van der Waals surface area contributed by atoms with Crippen LogP contribution in [0.4, 0.5) is 5.69 Å². The second-order valence-corrected chi connectivity index (χ2v) is 7.74. The van der Waals surface area contributed by atoms with Crippen molar-refractivity contribution in [2.24, 2.45) is 0 Å². The fourth-order valence-corrected chi connectivity index (χ4v) is 4.59. The van der Waals surface area contributed by atoms with Gasteiger partial charge in [0, 0.05) is 55.5 Å². The third kappa shape index (κ3) is 3.16. The molecule has 1 N–H and O–H groups in total. The summed E-state index contributed by atoms with van der Waals surface area (Å²) in [5, 5.41) is 7.58. The Hall–Kier alpha value is -2.79. The summed E-state index contributed by atoms with van der Waals surface area (Å²) in [6.45, 7) is 5.41. The molecular formula is C23H26N4O. The molecule has 5 rings (SSSR count). The standard InChI is InChI=1S/C23H26N4O/c1-28-20-8-6-19(7-9-20)27-12-10-26(11-13-27)16-18-14-17-4-2-3-5-21(17)23-22(18)15-24-25-23/h2-9,15,18H,10-14,16H2,1H3,(H,24,25). The fourth-order valence-electron chi connectivity index (χ4n) is 4.59. The summed E-state index contributed by atoms with van der Waals surface area (Å²) in [5.41, 5.74) is 6.61. The number of ether oxygens (including phenoxy) is 1. The summed E-state index contributed by atoms with van der Waals surface area (Å²) in [6, 6.07) is 17.1. The molecule has 5 heteroatoms. The Morgan fingerprint density at radius 1 is 1.04 bits per heavy atom. The second-order valence-electron chi connectivity index (χ2n) is 7.74. The SMILES string of the molecule is COc1ccc(N2CCN(CC3Cc4ccccc4-c4[nH]ncc43)CC2)cc1. The second kappa shape index (κ2) is 7.32. The number of hydrogen-bond acceptors (Lipinski definition) is 4. The minimum absolute atomic E-state index is 0.510. The average molecular weight is 374 g/mol. The quantitative estimate of drug-likeness (QED) is 0.759. The van der Waals surface area contributed by atoms with Gasteiger partial charge in [-0.15, -0.1) is 0 Å². The third-order valence-corrected chi connectivity index (χ3v) is 6.15. The van der Waals surface area contributed by atoms with E-state index < -0.39 is 0 Å². The van der Waals surface area contributed by atoms with Gasteiger partial charge in [-0.2, -0.15) is 5.10 Å². The molecule has 2 aromatic carbocycles. The van der Waals surface area contributed by atoms with Crippen LogP contribution in [0.2, 0.25) is 0 Å². The molecular weight excluding hydrogens is 348 g/mol. The number of rotatable bonds is 4. The van der Waals surface area contributed by atoms with E-state index in [2.05, 4.69) is 56.4 Å². The molecule has 1 saturated heterocycles. The van der Waals surface area contributed by atoms with Gasteiger partial charge in [0.1, 0.15) is 5.75 Å². The molecule has 144 valence electrons. The molecule has 3 aromatic rings. The van der Waals surface area contributed by atoms with Crippen LogP contribution < -0.4 is 9.64 Å². The Labute approximate surface area is 165 Å². The molecule has 0 amide bonds. The largest absolute Gasteiger partial charge is 0.497 e. The first kappa shape index (κ1) is 17.3. The van der Waals surface area contributed by atoms with E-state index in [1.807, 2.05) is 18.3 Å². The number of nitrogens with one attached hydrogen (secondary N) is 1. The molecule has 5 nitrogen and oxygen atoms in total. The fraction of sp³-hybridized carbons (Fsp3) is 0.348. The van der Waals surface area contributed by atoms with Gasteiger partial charge in [0.15, 0.2) is 0 Å². The van der Waals surface area contributed by atoms with Gasteiger partial charge in [0.2, 0.25) is 0 Å². The van der Waals surface area contributed by atoms with Crippen molar-refractivity contribution in [2.75, 3.05) is 44.7 Å². The predicted octanol–water partition coefficient (Wildman–Crippen LogP) is 3.55. The molecule has 0 spiro atoms. The summed E-state index contributed by atoms with van der Waals surface area (Å²) in [6.07, 6.45) is 3.13. The van der Waals surface area contributed by atoms with Crippen molar-refractivity contribution in [2.45, 2.75) is 12.3 Å². The molecule has 2 aliphatic rings. The van der Waals surface area contributed by atoms with Crippen molar-refractivity contribution in [3.63, 3.8) is 0 Å². The number of H-pyrrole nitrogens is 1. The first-order valence-electron chi connectivity index (χ1n) is 10.0. The maximum Gasteiger partial charge on any atom is 0.119 e. The number of piperazine rings is 1. The number of fused-ring (bicyclic) bond motifs is 3. The highest BCUT2D eigenvalue weighted by atomic mass is 16.5. The Morgan fingerprint density at radius 2 is 1.82 bits per heavy atom. The maximum atomic E-state index is 5.27. The Bertz CT molecular complexity index is 941. The van der Waals surface area contributed by atoms with Crippen LogP contribution in [-0.2, 0) is 6.42 Å². The summed E-state index contributed by atoms with van der Waals surface area (Å²) in [5.74, 6) is 1.42. The average Bonchev–Trinajstić information content (AvgIpc) is 3.25. The molecule has 2 heterocycles. The van der Waals surface area contributed by atoms with Crippen LogP contribution in [0.25, 0.3) is 11.3 Å². The molecule has 1 atom stereocenters. The molecule has 1 aromatic heterocycles. The Balaban J connectivity index is 1.25. The number of methoxy groups -OCH3 is 1. The minimum Gasteiger partial charge on any atom is -0.497 e. The normalized spacial score (nSPS) is 19.2. The van der Waals surface area contributed by atoms with Crippen molar-refractivity contribution < 1.29 is 4.74 Å². The summed E-state index contributed by atoms with van der Waals surface area (Å²) in [4.78, 5) is 5.07. The zero-order chi connectivity index (χ0) is 18.9. The highest BCUT2D eigenvalue weighted by Gasteiger charge is 2.28. The van der Waals surface area contributed by atoms with Crippen LogP contribution in [0.1, 0.15) is 17.0 Å². The highest BCUT2D eigenvalue weighted by Crippen LogP contribution is 2.38. The third-order valence-electron chi connectivity index (χ3n) is 6.15. The van der Waals surface area contributed by atoms with Gasteiger partial charge < -0.3 is 9.64 Å². The van der Waals surface area contributed by atoms with Gasteiger partial charge >= 0.3 is 0 Å². The molecule has 1 aliphatic carbocycles. The Kier molecular flexibility index (Phi) is 4.53. The van der Waals surface area contributed by atoms with E-state index in [-0.39, 0.29) is 0 Å². The van der Waals surface area contributed by atoms with E-state index in [9.17, 15) is 0 Å². The number of hydrogen-bond donors (Lipinski definition) is 1. The van der Waals surface area contributed by atoms with E-state index >= 15 is 0 Å². The van der Waals surface area contributed by atoms with Crippen LogP contribution in [-0.4, -0.2) is 54.9 Å². The zero-order valence-corrected chi connectivity index (χ0v) is 16.3. The number of nitrogens with zero attached hydrogens (tertiary/aromatic N) is 3. The van der Waals surface area contributed by atoms with Crippen molar-refractivity contribution >= 4 is 5.69 Å². The predicted molar refractivity (Wildman–Crippen MR) is 112 cm³/mol. The van der Waals surface area contributed by atoms with Gasteiger partial charge in [0.05, 0.1) is 19.0 Å². The molecule has 1 aliphatic heterocycles. The van der Waals surface area contributed by atoms with Crippen molar-refractivity contribution in [3.8, 4) is 17.0 Å². The molecule has 1 fully saturated rings. The van der Waals surface area contributed by atoms with Gasteiger partial charge in [-0.1, -0.05) is 24.3 Å². The number of anilines is 1. The lowest BCUT2D eigenvalue weighted by Crippen LogP contribution is -2.47. The summed E-state index contributed by atoms with van der Waals surface area (Å²) < 4.78 is 5.27. The minimum atomic E-state index is 0.510. The van der Waals surface area contributed by atoms with E-state index in [4.69, 9.17) is 4.74 Å². The smallest absolute Gasteiger partial charge is 0.119 e. The summed E-state index contributed by atoms with van der Waals surface area (Å²) in [7, 11) is 1.71. The maximum absolute atomic E-state index is 5.27. The van der Waals surface area contributed by atoms with Crippen LogP contribution in [0, 0.1) is 0 Å². The van der Waals surface area contributed by atoms with Crippen LogP contribution in [0.3, 0.4) is 0 Å². The number of aromatic amines is 1. The molecule has 1 unspecified atom stereocenters. The van der Waals surface area contributed by atoms with Crippen LogP contribution in [0.5, 0.6) is 5.75 Å². The van der Waals surface area contributed by atoms with E-state index in [0.717, 1.165) is 44.9 Å². The van der Waals surface area contributed by atoms with E-state index in [0.29, 0.717) is 5.92 Å². The monoisotopic (exact) mass is 374 g/mol. The lowest BCUT2D eigenvalue weighted by atomic mass is 9.82. The van der Waals surface area contributed by atoms with Gasteiger partial charge in [-0.3, -0.25) is 10.00 Å². The first-order valence-corrected chi connectivity index (χ1v) is 10.0. The lowest BCUT2D eigenvalue weighted by molar-refractivity contribution is 0.241. The van der Waals surface area contributed by atoms with Gasteiger partial charge in [-0.25, -0.2) is 0 Å². The van der Waals surface area contributed by atoms with Gasteiger partial charge in [-0.05, 0) is 36.2 Å². The topological polar surface area (TPSA) is 44.4 Å². The van der Waals surface area contributed by atoms with Crippen LogP contribution in [0.15, 0.2) is 54.7 Å². The zero-order valence-electron chi connectivity index (χ0n) is 16.3. The number of aromatic nitrogens is 2. The van der Waals surface area contributed by atoms with Crippen molar-refractivity contribution in [1.29, 1.82) is 0 Å². The highest BCUT2D eigenvalue weighted by molar-refractivity contribution is 5.70. The van der Waals surface area contributed by atoms with E-state index in [1.54, 1.807) is 7.11 Å². The molecule has 28 heavy (non-hydrogen) atoms. The van der Waals surface area contributed by atoms with Gasteiger partial charge in [0.25, 0.3) is 0 Å². The molecule has 0 bridgehead atoms. The van der Waals surface area contributed by atoms with Crippen molar-refractivity contribution in [3.05, 3.63) is 65.9 Å². The Morgan fingerprint density at radius 3 is 2.61 bits per heavy atom. The molecule has 0 saturated carbocycles. The lowest BCUT2D eigenvalue weighted by Gasteiger charge is -2.38. The first-order chi connectivity index (χ1) is 13.8. The van der Waals surface area contributed by atoms with Crippen molar-refractivity contribution in [1.82, 2.24) is 15.1 Å². The number of benzene rings is 2. The van der Waals surface area contributed by atoms with E-state index in [1.165, 1.54) is 28.1 Å². The molecule has 0 radical (unpaired) electrons. The summed E-state index contributed by atoms with van der Waals surface area (Å²) >= 11 is 0. The van der Waals surface area contributed by atoms with Crippen LogP contribution >= 0.6 is 0 Å².